The fourth-order valence-electron chi connectivity index (χ4n) is 3.08. The molecule has 0 saturated heterocycles. The first-order valence-electron chi connectivity index (χ1n) is 8.82. The number of carbonyl (C=O) groups excluding carboxylic acids is 1. The average Bonchev–Trinajstić information content (AvgIpc) is 2.71. The lowest BCUT2D eigenvalue weighted by Crippen LogP contribution is -2.32. The lowest BCUT2D eigenvalue weighted by Gasteiger charge is -2.22. The molecule has 1 N–H and O–H groups in total. The third-order valence-corrected chi connectivity index (χ3v) is 4.46. The number of aromatic amines is 1. The molecule has 1 amide bonds. The van der Waals surface area contributed by atoms with Gasteiger partial charge in [0.25, 0.3) is 11.5 Å². The Labute approximate surface area is 155 Å². The van der Waals surface area contributed by atoms with Crippen molar-refractivity contribution in [2.45, 2.75) is 13.5 Å². The van der Waals surface area contributed by atoms with Crippen LogP contribution in [0.2, 0.25) is 0 Å². The van der Waals surface area contributed by atoms with E-state index in [1.165, 1.54) is 0 Å². The van der Waals surface area contributed by atoms with Crippen molar-refractivity contribution in [3.63, 3.8) is 0 Å². The summed E-state index contributed by atoms with van der Waals surface area (Å²) >= 11 is 0. The predicted octanol–water partition coefficient (Wildman–Crippen LogP) is 2.36. The summed E-state index contributed by atoms with van der Waals surface area (Å²) < 4.78 is 11.0. The van der Waals surface area contributed by atoms with Gasteiger partial charge in [-0.1, -0.05) is 12.1 Å². The average molecular weight is 365 g/mol. The number of rotatable bonds is 4. The van der Waals surface area contributed by atoms with E-state index in [1.807, 2.05) is 13.0 Å². The highest BCUT2D eigenvalue weighted by atomic mass is 16.6. The van der Waals surface area contributed by atoms with Gasteiger partial charge >= 0.3 is 0 Å². The molecule has 0 atom stereocenters. The molecule has 7 nitrogen and oxygen atoms in total. The van der Waals surface area contributed by atoms with Gasteiger partial charge in [-0.05, 0) is 37.3 Å². The predicted molar refractivity (Wildman–Crippen MR) is 100 cm³/mol. The first-order valence-corrected chi connectivity index (χ1v) is 8.82. The van der Waals surface area contributed by atoms with Crippen LogP contribution in [0.1, 0.15) is 23.1 Å². The van der Waals surface area contributed by atoms with Crippen molar-refractivity contribution in [2.75, 3.05) is 19.8 Å². The topological polar surface area (TPSA) is 84.5 Å². The van der Waals surface area contributed by atoms with Gasteiger partial charge in [0, 0.05) is 12.1 Å². The van der Waals surface area contributed by atoms with Gasteiger partial charge < -0.3 is 19.4 Å². The molecule has 4 rings (SSSR count). The molecule has 0 bridgehead atoms. The monoisotopic (exact) mass is 365 g/mol. The molecule has 27 heavy (non-hydrogen) atoms. The third-order valence-electron chi connectivity index (χ3n) is 4.46. The second-order valence-electron chi connectivity index (χ2n) is 6.21. The minimum atomic E-state index is -0.210. The summed E-state index contributed by atoms with van der Waals surface area (Å²) in [4.78, 5) is 34.0. The summed E-state index contributed by atoms with van der Waals surface area (Å²) in [5.74, 6) is 1.50. The standard InChI is InChI=1S/C20H19N3O4/c1-2-23(12-18-21-15-6-4-3-5-14(15)19(24)22-18)20(25)13-7-8-16-17(11-13)27-10-9-26-16/h3-8,11H,2,9-10,12H2,1H3,(H,21,22,24). The van der Waals surface area contributed by atoms with Gasteiger partial charge in [-0.2, -0.15) is 0 Å². The smallest absolute Gasteiger partial charge is 0.258 e. The number of ether oxygens (including phenoxy) is 2. The maximum absolute atomic E-state index is 12.9. The van der Waals surface area contributed by atoms with E-state index in [9.17, 15) is 9.59 Å². The van der Waals surface area contributed by atoms with Gasteiger partial charge in [-0.25, -0.2) is 4.98 Å². The van der Waals surface area contributed by atoms with E-state index >= 15 is 0 Å². The molecule has 0 radical (unpaired) electrons. The molecule has 2 aromatic carbocycles. The maximum Gasteiger partial charge on any atom is 0.258 e. The van der Waals surface area contributed by atoms with Gasteiger partial charge in [0.15, 0.2) is 11.5 Å². The quantitative estimate of drug-likeness (QED) is 0.767. The van der Waals surface area contributed by atoms with Crippen LogP contribution in [0.15, 0.2) is 47.3 Å². The van der Waals surface area contributed by atoms with E-state index in [4.69, 9.17) is 9.47 Å². The Balaban J connectivity index is 1.60. The molecule has 1 aliphatic heterocycles. The van der Waals surface area contributed by atoms with Crippen LogP contribution in [0.4, 0.5) is 0 Å². The number of aromatic nitrogens is 2. The molecule has 0 spiro atoms. The van der Waals surface area contributed by atoms with Crippen LogP contribution in [0, 0.1) is 0 Å². The van der Waals surface area contributed by atoms with E-state index in [0.717, 1.165) is 0 Å². The van der Waals surface area contributed by atoms with Gasteiger partial charge in [0.2, 0.25) is 0 Å². The minimum Gasteiger partial charge on any atom is -0.486 e. The Morgan fingerprint density at radius 1 is 1.15 bits per heavy atom. The number of fused-ring (bicyclic) bond motifs is 2. The molecule has 3 aromatic rings. The van der Waals surface area contributed by atoms with Gasteiger partial charge in [-0.15, -0.1) is 0 Å². The van der Waals surface area contributed by atoms with Crippen LogP contribution in [0.5, 0.6) is 11.5 Å². The summed E-state index contributed by atoms with van der Waals surface area (Å²) in [6.07, 6.45) is 0. The van der Waals surface area contributed by atoms with Crippen LogP contribution in [-0.4, -0.2) is 40.5 Å². The summed E-state index contributed by atoms with van der Waals surface area (Å²) in [6.45, 7) is 3.54. The highest BCUT2D eigenvalue weighted by Gasteiger charge is 2.19. The first-order chi connectivity index (χ1) is 13.2. The second-order valence-corrected chi connectivity index (χ2v) is 6.21. The Kier molecular flexibility index (Phi) is 4.50. The lowest BCUT2D eigenvalue weighted by molar-refractivity contribution is 0.0747. The molecule has 2 heterocycles. The first kappa shape index (κ1) is 17.1. The van der Waals surface area contributed by atoms with Crippen molar-refractivity contribution in [3.8, 4) is 11.5 Å². The Hall–Kier alpha value is -3.35. The maximum atomic E-state index is 12.9. The van der Waals surface area contributed by atoms with E-state index < -0.39 is 0 Å². The number of H-pyrrole nitrogens is 1. The van der Waals surface area contributed by atoms with Gasteiger partial charge in [0.05, 0.1) is 17.4 Å². The van der Waals surface area contributed by atoms with Crippen LogP contribution >= 0.6 is 0 Å². The molecule has 0 saturated carbocycles. The minimum absolute atomic E-state index is 0.162. The number of amides is 1. The van der Waals surface area contributed by atoms with Crippen molar-refractivity contribution in [2.24, 2.45) is 0 Å². The zero-order chi connectivity index (χ0) is 18.8. The largest absolute Gasteiger partial charge is 0.486 e. The number of carbonyl (C=O) groups is 1. The normalized spacial score (nSPS) is 12.8. The molecule has 0 unspecified atom stereocenters. The highest BCUT2D eigenvalue weighted by Crippen LogP contribution is 2.31. The zero-order valence-electron chi connectivity index (χ0n) is 14.9. The summed E-state index contributed by atoms with van der Waals surface area (Å²) in [5.41, 5.74) is 0.904. The molecule has 138 valence electrons. The van der Waals surface area contributed by atoms with E-state index in [1.54, 1.807) is 41.3 Å². The van der Waals surface area contributed by atoms with Crippen LogP contribution in [0.3, 0.4) is 0 Å². The molecule has 7 heteroatoms. The van der Waals surface area contributed by atoms with Gasteiger partial charge in [0.1, 0.15) is 19.0 Å². The summed E-state index contributed by atoms with van der Waals surface area (Å²) in [7, 11) is 0. The van der Waals surface area contributed by atoms with E-state index in [2.05, 4.69) is 9.97 Å². The Bertz CT molecular complexity index is 1060. The molecular formula is C20H19N3O4. The van der Waals surface area contributed by atoms with Crippen LogP contribution < -0.4 is 15.0 Å². The highest BCUT2D eigenvalue weighted by molar-refractivity contribution is 5.95. The number of hydrogen-bond donors (Lipinski definition) is 1. The van der Waals surface area contributed by atoms with Crippen LogP contribution in [0.25, 0.3) is 10.9 Å². The molecular weight excluding hydrogens is 346 g/mol. The van der Waals surface area contributed by atoms with Crippen molar-refractivity contribution in [3.05, 3.63) is 64.2 Å². The molecule has 0 fully saturated rings. The van der Waals surface area contributed by atoms with Gasteiger partial charge in [-0.3, -0.25) is 9.59 Å². The number of nitrogens with zero attached hydrogens (tertiary/aromatic N) is 2. The van der Waals surface area contributed by atoms with Crippen molar-refractivity contribution < 1.29 is 14.3 Å². The summed E-state index contributed by atoms with van der Waals surface area (Å²) in [6, 6.07) is 12.3. The zero-order valence-corrected chi connectivity index (χ0v) is 14.9. The fraction of sp³-hybridized carbons (Fsp3) is 0.250. The van der Waals surface area contributed by atoms with Crippen molar-refractivity contribution in [1.29, 1.82) is 0 Å². The number of nitrogens with one attached hydrogen (secondary N) is 1. The van der Waals surface area contributed by atoms with Crippen molar-refractivity contribution in [1.82, 2.24) is 14.9 Å². The van der Waals surface area contributed by atoms with E-state index in [-0.39, 0.29) is 18.0 Å². The Morgan fingerprint density at radius 3 is 2.74 bits per heavy atom. The van der Waals surface area contributed by atoms with Crippen molar-refractivity contribution >= 4 is 16.8 Å². The summed E-state index contributed by atoms with van der Waals surface area (Å²) in [5, 5.41) is 0.530. The second kappa shape index (κ2) is 7.11. The van der Waals surface area contributed by atoms with Crippen LogP contribution in [-0.2, 0) is 6.54 Å². The molecule has 1 aromatic heterocycles. The molecule has 1 aliphatic rings. The lowest BCUT2D eigenvalue weighted by atomic mass is 10.1. The third kappa shape index (κ3) is 3.36. The SMILES string of the molecule is CCN(Cc1nc2ccccc2c(=O)[nH]1)C(=O)c1ccc2c(c1)OCCO2. The number of benzene rings is 2. The van der Waals surface area contributed by atoms with E-state index in [0.29, 0.717) is 53.5 Å². The number of para-hydroxylation sites is 1. The fourth-order valence-corrected chi connectivity index (χ4v) is 3.08. The number of hydrogen-bond acceptors (Lipinski definition) is 5. The molecule has 0 aliphatic carbocycles. The Morgan fingerprint density at radius 2 is 1.93 bits per heavy atom.